The van der Waals surface area contributed by atoms with Crippen LogP contribution in [-0.2, 0) is 76.2 Å². The summed E-state index contributed by atoms with van der Waals surface area (Å²) >= 11 is 0. The van der Waals surface area contributed by atoms with Gasteiger partial charge in [-0.3, -0.25) is 33.8 Å². The minimum Gasteiger partial charge on any atom is -0.465 e. The SMILES string of the molecule is C/C=C(\C)C(=O)O[C@H]1[C@@H](OC(C)=O)[C@@H]2OC(=O)C(C)C(C)c3ncccc3C(=O)OC[C@@]3(C)O[C@@]4([C@H](OC(C)=O)[C@H]3[C@@H](OC(C)=O)[C@H](OC(C)=O)[C@]14COC(C)=O)[C@@]2(C)O. The fraction of sp³-hybridized carbons (Fsp3) is 0.634. The van der Waals surface area contributed by atoms with Crippen LogP contribution in [0.2, 0.25) is 0 Å². The first-order valence-corrected chi connectivity index (χ1v) is 19.3. The molecule has 19 nitrogen and oxygen atoms in total. The third kappa shape index (κ3) is 7.39. The van der Waals surface area contributed by atoms with Gasteiger partial charge in [-0.15, -0.1) is 0 Å². The van der Waals surface area contributed by atoms with Crippen molar-refractivity contribution in [2.45, 2.75) is 136 Å². The molecule has 0 aromatic carbocycles. The average molecular weight is 846 g/mol. The van der Waals surface area contributed by atoms with Crippen LogP contribution in [0.4, 0.5) is 0 Å². The second kappa shape index (κ2) is 16.6. The molecule has 19 heteroatoms. The lowest BCUT2D eigenvalue weighted by atomic mass is 9.45. The first kappa shape index (κ1) is 45.7. The summed E-state index contributed by atoms with van der Waals surface area (Å²) in [6.07, 6.45) is -9.34. The van der Waals surface area contributed by atoms with Gasteiger partial charge in [0, 0.05) is 52.3 Å². The Labute approximate surface area is 345 Å². The van der Waals surface area contributed by atoms with Gasteiger partial charge in [-0.05, 0) is 39.8 Å². The molecule has 5 rings (SSSR count). The molecular formula is C41H51NO18. The summed E-state index contributed by atoms with van der Waals surface area (Å²) in [5, 5.41) is 13.5. The van der Waals surface area contributed by atoms with Crippen molar-refractivity contribution in [2.75, 3.05) is 13.2 Å². The maximum atomic E-state index is 14.5. The van der Waals surface area contributed by atoms with Crippen LogP contribution in [0.1, 0.15) is 98.1 Å². The molecular weight excluding hydrogens is 794 g/mol. The molecule has 0 amide bonds. The average Bonchev–Trinajstić information content (AvgIpc) is 3.38. The van der Waals surface area contributed by atoms with Crippen LogP contribution in [0, 0.1) is 17.3 Å². The zero-order chi connectivity index (χ0) is 44.9. The predicted molar refractivity (Wildman–Crippen MR) is 199 cm³/mol. The van der Waals surface area contributed by atoms with Crippen LogP contribution in [0.15, 0.2) is 30.0 Å². The van der Waals surface area contributed by atoms with Crippen molar-refractivity contribution in [3.63, 3.8) is 0 Å². The Bertz CT molecular complexity index is 1990. The smallest absolute Gasteiger partial charge is 0.340 e. The Kier molecular flexibility index (Phi) is 12.6. The number of nitrogens with zero attached hydrogens (tertiary/aromatic N) is 1. The normalized spacial score (nSPS) is 37.2. The van der Waals surface area contributed by atoms with Gasteiger partial charge in [-0.1, -0.05) is 19.9 Å². The number of fused-ring (bicyclic) bond motifs is 5. The van der Waals surface area contributed by atoms with Crippen LogP contribution in [0.3, 0.4) is 0 Å². The summed E-state index contributed by atoms with van der Waals surface area (Å²) in [5.74, 6) is -11.7. The van der Waals surface area contributed by atoms with E-state index in [0.717, 1.165) is 41.5 Å². The first-order chi connectivity index (χ1) is 27.9. The fourth-order valence-electron chi connectivity index (χ4n) is 9.40. The molecule has 4 bridgehead atoms. The Morgan fingerprint density at radius 3 is 1.95 bits per heavy atom. The van der Waals surface area contributed by atoms with Gasteiger partial charge < -0.3 is 47.7 Å². The number of rotatable bonds is 8. The minimum absolute atomic E-state index is 0.0234. The van der Waals surface area contributed by atoms with Gasteiger partial charge in [0.2, 0.25) is 0 Å². The molecule has 1 aromatic heterocycles. The summed E-state index contributed by atoms with van der Waals surface area (Å²) in [6.45, 7) is 11.6. The summed E-state index contributed by atoms with van der Waals surface area (Å²) in [5.41, 5.74) is -10.3. The Balaban J connectivity index is 2.04. The van der Waals surface area contributed by atoms with Crippen LogP contribution >= 0.6 is 0 Å². The number of allylic oxidation sites excluding steroid dienone is 1. The highest BCUT2D eigenvalue weighted by Crippen LogP contribution is 2.70. The minimum atomic E-state index is -2.84. The van der Waals surface area contributed by atoms with Crippen LogP contribution in [0.5, 0.6) is 0 Å². The zero-order valence-electron chi connectivity index (χ0n) is 35.3. The van der Waals surface area contributed by atoms with Crippen LogP contribution in [-0.4, -0.2) is 124 Å². The molecule has 328 valence electrons. The van der Waals surface area contributed by atoms with E-state index in [9.17, 15) is 43.5 Å². The summed E-state index contributed by atoms with van der Waals surface area (Å²) < 4.78 is 55.1. The Morgan fingerprint density at radius 1 is 0.817 bits per heavy atom. The topological polar surface area (TPSA) is 253 Å². The fourth-order valence-corrected chi connectivity index (χ4v) is 9.40. The zero-order valence-corrected chi connectivity index (χ0v) is 35.3. The number of hydrogen-bond acceptors (Lipinski definition) is 19. The van der Waals surface area contributed by atoms with Crippen molar-refractivity contribution < 1.29 is 86.1 Å². The first-order valence-electron chi connectivity index (χ1n) is 19.3. The quantitative estimate of drug-likeness (QED) is 0.223. The number of ether oxygens (including phenoxy) is 9. The Morgan fingerprint density at radius 2 is 1.38 bits per heavy atom. The number of aliphatic hydroxyl groups is 1. The van der Waals surface area contributed by atoms with Crippen LogP contribution in [0.25, 0.3) is 0 Å². The van der Waals surface area contributed by atoms with Crippen molar-refractivity contribution in [2.24, 2.45) is 17.3 Å². The highest BCUT2D eigenvalue weighted by atomic mass is 16.7. The maximum absolute atomic E-state index is 14.5. The molecule has 2 saturated carbocycles. The molecule has 1 spiro atoms. The van der Waals surface area contributed by atoms with Gasteiger partial charge >= 0.3 is 47.8 Å². The van der Waals surface area contributed by atoms with E-state index in [4.69, 9.17) is 42.6 Å². The third-order valence-corrected chi connectivity index (χ3v) is 12.1. The molecule has 0 radical (unpaired) electrons. The highest BCUT2D eigenvalue weighted by molar-refractivity contribution is 5.91. The van der Waals surface area contributed by atoms with E-state index in [0.29, 0.717) is 0 Å². The molecule has 1 N–H and O–H groups in total. The molecule has 4 aliphatic rings. The number of pyridine rings is 1. The number of esters is 8. The van der Waals surface area contributed by atoms with Crippen molar-refractivity contribution in [3.05, 3.63) is 41.2 Å². The number of carbonyl (C=O) groups is 8. The van der Waals surface area contributed by atoms with E-state index in [1.54, 1.807) is 6.92 Å². The van der Waals surface area contributed by atoms with Crippen molar-refractivity contribution in [3.8, 4) is 0 Å². The second-order valence-corrected chi connectivity index (χ2v) is 16.1. The summed E-state index contributed by atoms with van der Waals surface area (Å²) in [6, 6.07) is 2.90. The summed E-state index contributed by atoms with van der Waals surface area (Å²) in [4.78, 5) is 113. The number of aromatic nitrogens is 1. The number of cyclic esters (lactones) is 1. The van der Waals surface area contributed by atoms with Gasteiger partial charge in [-0.2, -0.15) is 0 Å². The molecule has 2 aliphatic heterocycles. The van der Waals surface area contributed by atoms with Gasteiger partial charge in [0.05, 0.1) is 23.1 Å². The van der Waals surface area contributed by atoms with Gasteiger partial charge in [0.15, 0.2) is 30.0 Å². The van der Waals surface area contributed by atoms with E-state index in [1.807, 2.05) is 0 Å². The summed E-state index contributed by atoms with van der Waals surface area (Å²) in [7, 11) is 0. The highest BCUT2D eigenvalue weighted by Gasteiger charge is 2.92. The van der Waals surface area contributed by atoms with Gasteiger partial charge in [-0.25, -0.2) is 9.59 Å². The monoisotopic (exact) mass is 845 g/mol. The molecule has 60 heavy (non-hydrogen) atoms. The third-order valence-electron chi connectivity index (χ3n) is 12.1. The van der Waals surface area contributed by atoms with E-state index in [2.05, 4.69) is 4.98 Å². The Hall–Kier alpha value is -5.43. The van der Waals surface area contributed by atoms with E-state index in [1.165, 1.54) is 52.1 Å². The van der Waals surface area contributed by atoms with E-state index in [-0.39, 0.29) is 16.8 Å². The molecule has 2 aliphatic carbocycles. The molecule has 3 fully saturated rings. The number of hydrogen-bond donors (Lipinski definition) is 1. The molecule has 2 unspecified atom stereocenters. The second-order valence-electron chi connectivity index (χ2n) is 16.1. The van der Waals surface area contributed by atoms with Crippen LogP contribution < -0.4 is 0 Å². The van der Waals surface area contributed by atoms with Crippen molar-refractivity contribution >= 4 is 47.8 Å². The largest absolute Gasteiger partial charge is 0.465 e. The molecule has 3 heterocycles. The van der Waals surface area contributed by atoms with Gasteiger partial charge in [0.25, 0.3) is 0 Å². The molecule has 1 aromatic rings. The van der Waals surface area contributed by atoms with Crippen molar-refractivity contribution in [1.82, 2.24) is 4.98 Å². The predicted octanol–water partition coefficient (Wildman–Crippen LogP) is 1.98. The molecule has 13 atom stereocenters. The standard InChI is InChI=1S/C41H51NO18/c1-12-18(2)35(48)59-34-30(55-23(7)45)32-39(11,51)41-31(56-24(8)46)27(29(54-22(6)44)33(57-25(9)47)40(34,41)17-52-21(5)43)38(10,60-41)16-53-37(50)26-14-13-15-42-28(26)19(3)20(4)36(49)58-32/h12-15,19-20,27,29-34,51H,16-17H2,1-11H3/b18-12+/t19?,20?,27-,29-,30+,31-,32+,33+,34+,38-,39+,40-,41+/m1/s1. The lowest BCUT2D eigenvalue weighted by Crippen LogP contribution is -2.89. The van der Waals surface area contributed by atoms with Gasteiger partial charge in [0.1, 0.15) is 42.0 Å². The maximum Gasteiger partial charge on any atom is 0.340 e. The van der Waals surface area contributed by atoms with E-state index < -0.39 is 138 Å². The number of carbonyl (C=O) groups excluding carboxylic acids is 8. The molecule has 1 saturated heterocycles. The van der Waals surface area contributed by atoms with E-state index >= 15 is 0 Å². The van der Waals surface area contributed by atoms with Crippen molar-refractivity contribution in [1.29, 1.82) is 0 Å². The lowest BCUT2D eigenvalue weighted by molar-refractivity contribution is -0.386. The lowest BCUT2D eigenvalue weighted by Gasteiger charge is -2.67.